The minimum atomic E-state index is -4.68. The van der Waals surface area contributed by atoms with Crippen molar-refractivity contribution in [2.45, 2.75) is 37.8 Å². The Bertz CT molecular complexity index is 812. The summed E-state index contributed by atoms with van der Waals surface area (Å²) < 4.78 is 40.9. The third kappa shape index (κ3) is 4.36. The van der Waals surface area contributed by atoms with Gasteiger partial charge in [0.1, 0.15) is 24.0 Å². The maximum Gasteiger partial charge on any atom is 0.573 e. The summed E-state index contributed by atoms with van der Waals surface area (Å²) in [5.41, 5.74) is 6.99. The Kier molecular flexibility index (Phi) is 5.20. The molecule has 0 aliphatic carbocycles. The summed E-state index contributed by atoms with van der Waals surface area (Å²) in [6.07, 6.45) is 0.937. The normalized spacial score (nSPS) is 25.4. The van der Waals surface area contributed by atoms with Gasteiger partial charge in [0, 0.05) is 13.1 Å². The lowest BCUT2D eigenvalue weighted by Crippen LogP contribution is -2.52. The van der Waals surface area contributed by atoms with Crippen molar-refractivity contribution in [3.63, 3.8) is 0 Å². The van der Waals surface area contributed by atoms with Crippen molar-refractivity contribution in [2.24, 2.45) is 26.1 Å². The van der Waals surface area contributed by atoms with Crippen molar-refractivity contribution in [3.05, 3.63) is 29.8 Å². The zero-order valence-corrected chi connectivity index (χ0v) is 15.8. The molecule has 0 amide bonds. The maximum atomic E-state index is 12.3. The third-order valence-electron chi connectivity index (χ3n) is 5.78. The topological polar surface area (TPSA) is 87.6 Å². The molecule has 1 aromatic rings. The second-order valence-corrected chi connectivity index (χ2v) is 7.65. The predicted octanol–water partition coefficient (Wildman–Crippen LogP) is 1.94. The van der Waals surface area contributed by atoms with Gasteiger partial charge in [0.25, 0.3) is 0 Å². The highest BCUT2D eigenvalue weighted by Crippen LogP contribution is 2.35. The van der Waals surface area contributed by atoms with E-state index in [1.807, 2.05) is 0 Å². The Labute approximate surface area is 166 Å². The zero-order chi connectivity index (χ0) is 20.5. The molecule has 2 unspecified atom stereocenters. The number of ether oxygens (including phenoxy) is 1. The van der Waals surface area contributed by atoms with Crippen molar-refractivity contribution in [1.82, 2.24) is 10.2 Å². The lowest BCUT2D eigenvalue weighted by atomic mass is 9.73. The summed E-state index contributed by atoms with van der Waals surface area (Å²) in [6.45, 7) is 2.12. The van der Waals surface area contributed by atoms with Crippen LogP contribution in [0.1, 0.15) is 18.4 Å². The van der Waals surface area contributed by atoms with E-state index in [0.29, 0.717) is 13.0 Å². The number of amidine groups is 1. The number of rotatable bonds is 4. The molecule has 1 aromatic carbocycles. The number of piperidine rings is 1. The lowest BCUT2D eigenvalue weighted by Gasteiger charge is -2.43. The van der Waals surface area contributed by atoms with Crippen LogP contribution in [-0.4, -0.2) is 61.6 Å². The summed E-state index contributed by atoms with van der Waals surface area (Å²) in [6, 6.07) is 5.96. The first-order valence-corrected chi connectivity index (χ1v) is 9.54. The average Bonchev–Trinajstić information content (AvgIpc) is 3.18. The summed E-state index contributed by atoms with van der Waals surface area (Å²) in [5, 5.41) is 3.11. The molecule has 0 saturated carbocycles. The molecule has 10 heteroatoms. The van der Waals surface area contributed by atoms with E-state index in [4.69, 9.17) is 5.73 Å². The molecule has 0 spiro atoms. The van der Waals surface area contributed by atoms with Crippen LogP contribution >= 0.6 is 0 Å². The molecule has 156 valence electrons. The number of hydrogen-bond acceptors (Lipinski definition) is 7. The van der Waals surface area contributed by atoms with Gasteiger partial charge < -0.3 is 20.7 Å². The Morgan fingerprint density at radius 3 is 2.55 bits per heavy atom. The first kappa shape index (κ1) is 19.7. The molecule has 0 aromatic heterocycles. The van der Waals surface area contributed by atoms with Gasteiger partial charge in [-0.15, -0.1) is 13.2 Å². The van der Waals surface area contributed by atoms with Gasteiger partial charge in [0.2, 0.25) is 0 Å². The van der Waals surface area contributed by atoms with Gasteiger partial charge in [0.15, 0.2) is 6.17 Å². The SMILES string of the molecule is NCC1(Cc2ccc(OC(F)(F)F)cc2)CCN(C2=NC=NC3NC=NC23)CC1. The third-order valence-corrected chi connectivity index (χ3v) is 5.78. The molecule has 29 heavy (non-hydrogen) atoms. The number of nitrogens with two attached hydrogens (primary N) is 1. The van der Waals surface area contributed by atoms with Crippen molar-refractivity contribution >= 4 is 18.5 Å². The number of fused-ring (bicyclic) bond motifs is 1. The average molecular weight is 408 g/mol. The number of nitrogens with one attached hydrogen (secondary N) is 1. The fourth-order valence-electron chi connectivity index (χ4n) is 4.12. The van der Waals surface area contributed by atoms with Crippen molar-refractivity contribution in [1.29, 1.82) is 0 Å². The number of alkyl halides is 3. The van der Waals surface area contributed by atoms with Crippen LogP contribution in [0.25, 0.3) is 0 Å². The molecule has 0 radical (unpaired) electrons. The van der Waals surface area contributed by atoms with Crippen LogP contribution in [-0.2, 0) is 6.42 Å². The van der Waals surface area contributed by atoms with Crippen molar-refractivity contribution in [2.75, 3.05) is 19.6 Å². The van der Waals surface area contributed by atoms with Gasteiger partial charge >= 0.3 is 6.36 Å². The molecule has 0 bridgehead atoms. The van der Waals surface area contributed by atoms with E-state index in [1.54, 1.807) is 24.8 Å². The van der Waals surface area contributed by atoms with Gasteiger partial charge in [-0.1, -0.05) is 12.1 Å². The van der Waals surface area contributed by atoms with Crippen molar-refractivity contribution in [3.8, 4) is 5.75 Å². The standard InChI is InChI=1S/C19H23F3N6O/c20-19(21,22)29-14-3-1-13(2-4-14)9-18(10-23)5-7-28(8-6-18)17-15-16(25-11-24-15)26-12-27-17/h1-4,11-12,15-16H,5-10,23H2,(H,24,25). The molecule has 3 aliphatic heterocycles. The van der Waals surface area contributed by atoms with E-state index >= 15 is 0 Å². The van der Waals surface area contributed by atoms with Crippen molar-refractivity contribution < 1.29 is 17.9 Å². The van der Waals surface area contributed by atoms with E-state index in [1.165, 1.54) is 12.1 Å². The zero-order valence-electron chi connectivity index (χ0n) is 15.8. The van der Waals surface area contributed by atoms with E-state index in [0.717, 1.165) is 37.3 Å². The molecule has 3 aliphatic rings. The second-order valence-electron chi connectivity index (χ2n) is 7.65. The summed E-state index contributed by atoms with van der Waals surface area (Å²) >= 11 is 0. The largest absolute Gasteiger partial charge is 0.573 e. The van der Waals surface area contributed by atoms with Gasteiger partial charge in [-0.2, -0.15) is 0 Å². The van der Waals surface area contributed by atoms with Gasteiger partial charge in [-0.05, 0) is 48.9 Å². The predicted molar refractivity (Wildman–Crippen MR) is 104 cm³/mol. The number of likely N-dealkylation sites (tertiary alicyclic amines) is 1. The number of nitrogens with zero attached hydrogens (tertiary/aromatic N) is 4. The Balaban J connectivity index is 1.39. The molecule has 7 nitrogen and oxygen atoms in total. The van der Waals surface area contributed by atoms with Crippen LogP contribution in [0, 0.1) is 5.41 Å². The van der Waals surface area contributed by atoms with Gasteiger partial charge in [-0.25, -0.2) is 9.98 Å². The maximum absolute atomic E-state index is 12.3. The molecular formula is C19H23F3N6O. The minimum absolute atomic E-state index is 0.0823. The van der Waals surface area contributed by atoms with Gasteiger partial charge in [-0.3, -0.25) is 4.99 Å². The Morgan fingerprint density at radius 2 is 1.90 bits per heavy atom. The quantitative estimate of drug-likeness (QED) is 0.797. The first-order valence-electron chi connectivity index (χ1n) is 9.54. The molecule has 2 atom stereocenters. The van der Waals surface area contributed by atoms with Crippen LogP contribution in [0.15, 0.2) is 39.2 Å². The van der Waals surface area contributed by atoms with E-state index < -0.39 is 6.36 Å². The lowest BCUT2D eigenvalue weighted by molar-refractivity contribution is -0.274. The summed E-state index contributed by atoms with van der Waals surface area (Å²) in [5.74, 6) is 0.709. The number of halogens is 3. The molecule has 4 rings (SSSR count). The molecule has 3 N–H and O–H groups in total. The molecule has 1 saturated heterocycles. The van der Waals surface area contributed by atoms with E-state index in [9.17, 15) is 13.2 Å². The summed E-state index contributed by atoms with van der Waals surface area (Å²) in [7, 11) is 0. The first-order chi connectivity index (χ1) is 13.9. The second kappa shape index (κ2) is 7.66. The Hall–Kier alpha value is -2.62. The van der Waals surface area contributed by atoms with Crippen LogP contribution in [0.3, 0.4) is 0 Å². The van der Waals surface area contributed by atoms with Crippen LogP contribution < -0.4 is 15.8 Å². The van der Waals surface area contributed by atoms with Crippen LogP contribution in [0.4, 0.5) is 13.2 Å². The van der Waals surface area contributed by atoms with Crippen LogP contribution in [0.5, 0.6) is 5.75 Å². The monoisotopic (exact) mass is 408 g/mol. The van der Waals surface area contributed by atoms with E-state index in [-0.39, 0.29) is 23.4 Å². The number of benzene rings is 1. The van der Waals surface area contributed by atoms with Crippen LogP contribution in [0.2, 0.25) is 0 Å². The number of aliphatic imine (C=N–C) groups is 3. The highest BCUT2D eigenvalue weighted by molar-refractivity contribution is 5.97. The number of hydrogen-bond donors (Lipinski definition) is 2. The van der Waals surface area contributed by atoms with Gasteiger partial charge in [0.05, 0.1) is 6.34 Å². The fraction of sp³-hybridized carbons (Fsp3) is 0.526. The fourth-order valence-corrected chi connectivity index (χ4v) is 4.12. The summed E-state index contributed by atoms with van der Waals surface area (Å²) in [4.78, 5) is 15.4. The molecule has 1 fully saturated rings. The van der Waals surface area contributed by atoms with E-state index in [2.05, 4.69) is 29.9 Å². The minimum Gasteiger partial charge on any atom is -0.406 e. The highest BCUT2D eigenvalue weighted by Gasteiger charge is 2.39. The Morgan fingerprint density at radius 1 is 1.17 bits per heavy atom. The molecular weight excluding hydrogens is 385 g/mol. The molecule has 3 heterocycles. The highest BCUT2D eigenvalue weighted by atomic mass is 19.4. The smallest absolute Gasteiger partial charge is 0.406 e.